The zero-order valence-corrected chi connectivity index (χ0v) is 14.5. The van der Waals surface area contributed by atoms with Gasteiger partial charge in [-0.05, 0) is 57.0 Å². The first kappa shape index (κ1) is 20.5. The van der Waals surface area contributed by atoms with Gasteiger partial charge in [-0.2, -0.15) is 0 Å². The van der Waals surface area contributed by atoms with Gasteiger partial charge in [-0.25, -0.2) is 8.96 Å². The highest BCUT2D eigenvalue weighted by Gasteiger charge is 2.09. The number of halogens is 1. The van der Waals surface area contributed by atoms with Gasteiger partial charge in [0.05, 0.1) is 11.2 Å². The number of benzene rings is 1. The summed E-state index contributed by atoms with van der Waals surface area (Å²) in [6.07, 6.45) is 3.67. The molecule has 1 aromatic carbocycles. The molecule has 1 aromatic heterocycles. The summed E-state index contributed by atoms with van der Waals surface area (Å²) in [6, 6.07) is 5.18. The second-order valence-electron chi connectivity index (χ2n) is 5.47. The second-order valence-corrected chi connectivity index (χ2v) is 6.49. The topological polar surface area (TPSA) is 129 Å². The molecule has 0 radical (unpaired) electrons. The van der Waals surface area contributed by atoms with Crippen molar-refractivity contribution in [2.45, 2.75) is 32.7 Å². The molecule has 0 bridgehead atoms. The van der Waals surface area contributed by atoms with Crippen molar-refractivity contribution in [1.82, 2.24) is 4.98 Å². The smallest absolute Gasteiger partial charge is 0.381 e. The third kappa shape index (κ3) is 7.33. The number of phosphoric acid groups is 1. The van der Waals surface area contributed by atoms with Crippen LogP contribution in [-0.4, -0.2) is 32.3 Å². The van der Waals surface area contributed by atoms with Gasteiger partial charge in [0.15, 0.2) is 0 Å². The maximum absolute atomic E-state index is 13.7. The molecule has 0 saturated carbocycles. The molecule has 0 fully saturated rings. The lowest BCUT2D eigenvalue weighted by molar-refractivity contribution is 0.275. The summed E-state index contributed by atoms with van der Waals surface area (Å²) >= 11 is 0. The van der Waals surface area contributed by atoms with Crippen LogP contribution in [0.25, 0.3) is 10.9 Å². The van der Waals surface area contributed by atoms with Gasteiger partial charge in [-0.1, -0.05) is 0 Å². The van der Waals surface area contributed by atoms with Crippen LogP contribution in [0.3, 0.4) is 0 Å². The lowest BCUT2D eigenvalue weighted by Crippen LogP contribution is -2.17. The number of nitrogens with zero attached hydrogens (tertiary/aromatic N) is 1. The molecule has 2 aromatic rings. The highest BCUT2D eigenvalue weighted by atomic mass is 31.2. The third-order valence-electron chi connectivity index (χ3n) is 3.27. The van der Waals surface area contributed by atoms with Crippen molar-refractivity contribution >= 4 is 24.4 Å². The van der Waals surface area contributed by atoms with E-state index in [9.17, 15) is 4.39 Å². The summed E-state index contributed by atoms with van der Waals surface area (Å²) in [5.74, 6) is -0.239. The van der Waals surface area contributed by atoms with Gasteiger partial charge in [0.1, 0.15) is 5.82 Å². The zero-order chi connectivity index (χ0) is 18.3. The standard InChI is InChI=1S/C15H20FN3.H3O4P/c1-10-5-7-18-15-13(10)8-12(16)9-14(15)19-11(2)4-3-6-17;1-5(2,3)4/h5,7-9,11,19H,3-4,6,17H2,1-2H3;(H3,1,2,3,4). The number of pyridine rings is 1. The molecule has 0 aliphatic rings. The average molecular weight is 359 g/mol. The van der Waals surface area contributed by atoms with E-state index in [0.717, 1.165) is 35.0 Å². The van der Waals surface area contributed by atoms with Crippen LogP contribution < -0.4 is 11.1 Å². The molecule has 9 heteroatoms. The SMILES string of the molecule is Cc1ccnc2c(NC(C)CCCN)cc(F)cc12.O=P(O)(O)O. The van der Waals surface area contributed by atoms with E-state index in [4.69, 9.17) is 25.0 Å². The Morgan fingerprint density at radius 3 is 2.58 bits per heavy atom. The molecule has 7 nitrogen and oxygen atoms in total. The molecule has 1 heterocycles. The highest BCUT2D eigenvalue weighted by Crippen LogP contribution is 2.26. The van der Waals surface area contributed by atoms with Crippen molar-refractivity contribution in [3.05, 3.63) is 35.8 Å². The maximum Gasteiger partial charge on any atom is 0.466 e. The summed E-state index contributed by atoms with van der Waals surface area (Å²) < 4.78 is 22.6. The van der Waals surface area contributed by atoms with Gasteiger partial charge in [0.2, 0.25) is 0 Å². The first-order chi connectivity index (χ1) is 11.1. The predicted octanol–water partition coefficient (Wildman–Crippen LogP) is 2.29. The number of hydrogen-bond donors (Lipinski definition) is 5. The van der Waals surface area contributed by atoms with E-state index in [1.807, 2.05) is 13.0 Å². The Morgan fingerprint density at radius 1 is 1.38 bits per heavy atom. The van der Waals surface area contributed by atoms with E-state index in [0.29, 0.717) is 6.54 Å². The van der Waals surface area contributed by atoms with E-state index in [-0.39, 0.29) is 11.9 Å². The number of aryl methyl sites for hydroxylation is 1. The average Bonchev–Trinajstić information content (AvgIpc) is 2.44. The number of rotatable bonds is 5. The highest BCUT2D eigenvalue weighted by molar-refractivity contribution is 7.45. The summed E-state index contributed by atoms with van der Waals surface area (Å²) in [5, 5.41) is 4.19. The maximum atomic E-state index is 13.7. The fraction of sp³-hybridized carbons (Fsp3) is 0.400. The molecule has 0 amide bonds. The van der Waals surface area contributed by atoms with Gasteiger partial charge in [-0.3, -0.25) is 4.98 Å². The Morgan fingerprint density at radius 2 is 2.00 bits per heavy atom. The Balaban J connectivity index is 0.000000505. The molecule has 6 N–H and O–H groups in total. The van der Waals surface area contributed by atoms with Crippen LogP contribution in [0, 0.1) is 12.7 Å². The lowest BCUT2D eigenvalue weighted by Gasteiger charge is -2.16. The summed E-state index contributed by atoms with van der Waals surface area (Å²) in [4.78, 5) is 25.9. The first-order valence-corrected chi connectivity index (χ1v) is 8.98. The molecular formula is C15H23FN3O4P. The summed E-state index contributed by atoms with van der Waals surface area (Å²) in [6.45, 7) is 4.71. The van der Waals surface area contributed by atoms with E-state index < -0.39 is 7.82 Å². The lowest BCUT2D eigenvalue weighted by atomic mass is 10.1. The van der Waals surface area contributed by atoms with Crippen LogP contribution in [0.4, 0.5) is 10.1 Å². The van der Waals surface area contributed by atoms with Gasteiger partial charge < -0.3 is 25.7 Å². The van der Waals surface area contributed by atoms with E-state index in [2.05, 4.69) is 17.2 Å². The van der Waals surface area contributed by atoms with Crippen LogP contribution in [0.15, 0.2) is 24.4 Å². The molecule has 1 atom stereocenters. The van der Waals surface area contributed by atoms with Crippen LogP contribution in [0.1, 0.15) is 25.3 Å². The number of fused-ring (bicyclic) bond motifs is 1. The van der Waals surface area contributed by atoms with Crippen molar-refractivity contribution < 1.29 is 23.6 Å². The van der Waals surface area contributed by atoms with Crippen molar-refractivity contribution in [3.8, 4) is 0 Å². The number of hydrogen-bond acceptors (Lipinski definition) is 4. The minimum absolute atomic E-state index is 0.239. The zero-order valence-electron chi connectivity index (χ0n) is 13.6. The number of aromatic nitrogens is 1. The molecule has 134 valence electrons. The van der Waals surface area contributed by atoms with Crippen LogP contribution in [0.5, 0.6) is 0 Å². The van der Waals surface area contributed by atoms with Crippen molar-refractivity contribution in [1.29, 1.82) is 0 Å². The molecule has 1 unspecified atom stereocenters. The van der Waals surface area contributed by atoms with Crippen molar-refractivity contribution in [2.24, 2.45) is 5.73 Å². The van der Waals surface area contributed by atoms with E-state index >= 15 is 0 Å². The van der Waals surface area contributed by atoms with E-state index in [1.165, 1.54) is 12.1 Å². The van der Waals surface area contributed by atoms with Gasteiger partial charge >= 0.3 is 7.82 Å². The Kier molecular flexibility index (Phi) is 7.72. The minimum atomic E-state index is -4.64. The predicted molar refractivity (Wildman–Crippen MR) is 92.1 cm³/mol. The van der Waals surface area contributed by atoms with Gasteiger partial charge in [0.25, 0.3) is 0 Å². The minimum Gasteiger partial charge on any atom is -0.381 e. The molecule has 0 aliphatic heterocycles. The molecule has 0 saturated heterocycles. The van der Waals surface area contributed by atoms with E-state index in [1.54, 1.807) is 6.20 Å². The molecule has 0 spiro atoms. The van der Waals surface area contributed by atoms with Crippen molar-refractivity contribution in [3.63, 3.8) is 0 Å². The van der Waals surface area contributed by atoms with Crippen LogP contribution in [0.2, 0.25) is 0 Å². The monoisotopic (exact) mass is 359 g/mol. The summed E-state index contributed by atoms with van der Waals surface area (Å²) in [5.41, 5.74) is 8.11. The molecule has 0 aliphatic carbocycles. The fourth-order valence-electron chi connectivity index (χ4n) is 2.22. The molecular weight excluding hydrogens is 336 g/mol. The van der Waals surface area contributed by atoms with Crippen LogP contribution >= 0.6 is 7.82 Å². The Hall–Kier alpha value is -1.57. The van der Waals surface area contributed by atoms with Crippen LogP contribution in [-0.2, 0) is 4.57 Å². The Bertz CT molecular complexity index is 715. The normalized spacial score (nSPS) is 12.5. The molecule has 2 rings (SSSR count). The number of anilines is 1. The first-order valence-electron chi connectivity index (χ1n) is 7.41. The summed E-state index contributed by atoms with van der Waals surface area (Å²) in [7, 11) is -4.64. The molecule has 24 heavy (non-hydrogen) atoms. The Labute approximate surface area is 140 Å². The van der Waals surface area contributed by atoms with Gasteiger partial charge in [-0.15, -0.1) is 0 Å². The fourth-order valence-corrected chi connectivity index (χ4v) is 2.22. The second kappa shape index (κ2) is 9.05. The van der Waals surface area contributed by atoms with Crippen molar-refractivity contribution in [2.75, 3.05) is 11.9 Å². The largest absolute Gasteiger partial charge is 0.466 e. The quantitative estimate of drug-likeness (QED) is 0.518. The number of nitrogens with one attached hydrogen (secondary N) is 1. The third-order valence-corrected chi connectivity index (χ3v) is 3.27. The number of nitrogens with two attached hydrogens (primary N) is 1. The van der Waals surface area contributed by atoms with Gasteiger partial charge in [0, 0.05) is 17.6 Å².